The SMILES string of the molecule is N/C(=C\C(=NCc1ccccc1)c1ccccc1)c1ccc(-c2cccc(-c3ccc4c(c3)C3(c5ccccc5N(c5ccccc5)c5ccccc53)C3(C=CC=N3)C4)c2)cc1. The van der Waals surface area contributed by atoms with Crippen LogP contribution in [0.25, 0.3) is 28.0 Å². The molecule has 3 aliphatic rings. The fourth-order valence-corrected chi connectivity index (χ4v) is 10.1. The fourth-order valence-electron chi connectivity index (χ4n) is 10.1. The Kier molecular flexibility index (Phi) is 9.20. The molecule has 2 heterocycles. The highest BCUT2D eigenvalue weighted by Crippen LogP contribution is 2.65. The van der Waals surface area contributed by atoms with Gasteiger partial charge in [0, 0.05) is 24.0 Å². The van der Waals surface area contributed by atoms with E-state index >= 15 is 0 Å². The summed E-state index contributed by atoms with van der Waals surface area (Å²) in [5.41, 5.74) is 23.7. The Morgan fingerprint density at radius 3 is 1.84 bits per heavy atom. The number of anilines is 3. The van der Waals surface area contributed by atoms with E-state index in [-0.39, 0.29) is 0 Å². The zero-order valence-corrected chi connectivity index (χ0v) is 34.3. The highest BCUT2D eigenvalue weighted by molar-refractivity contribution is 6.12. The Morgan fingerprint density at radius 1 is 0.565 bits per heavy atom. The van der Waals surface area contributed by atoms with Crippen molar-refractivity contribution in [3.8, 4) is 22.3 Å². The maximum atomic E-state index is 6.80. The Morgan fingerprint density at radius 2 is 1.16 bits per heavy atom. The van der Waals surface area contributed by atoms with Gasteiger partial charge < -0.3 is 10.6 Å². The molecule has 1 unspecified atom stereocenters. The van der Waals surface area contributed by atoms with Crippen molar-refractivity contribution in [1.82, 2.24) is 0 Å². The van der Waals surface area contributed by atoms with Crippen molar-refractivity contribution in [2.24, 2.45) is 15.7 Å². The van der Waals surface area contributed by atoms with Crippen LogP contribution in [0.2, 0.25) is 0 Å². The Balaban J connectivity index is 0.965. The van der Waals surface area contributed by atoms with Gasteiger partial charge in [-0.3, -0.25) is 9.98 Å². The zero-order valence-electron chi connectivity index (χ0n) is 34.3. The average Bonchev–Trinajstić information content (AvgIpc) is 3.93. The number of nitrogens with two attached hydrogens (primary N) is 1. The predicted molar refractivity (Wildman–Crippen MR) is 258 cm³/mol. The maximum Gasteiger partial charge on any atom is 0.101 e. The van der Waals surface area contributed by atoms with Gasteiger partial charge in [0.05, 0.1) is 29.0 Å². The summed E-state index contributed by atoms with van der Waals surface area (Å²) >= 11 is 0. The number of nitrogens with zero attached hydrogens (tertiary/aromatic N) is 3. The van der Waals surface area contributed by atoms with Crippen molar-refractivity contribution in [1.29, 1.82) is 0 Å². The summed E-state index contributed by atoms with van der Waals surface area (Å²) < 4.78 is 0. The number of fused-ring (bicyclic) bond motifs is 7. The smallest absolute Gasteiger partial charge is 0.101 e. The molecule has 2 spiro atoms. The second kappa shape index (κ2) is 15.3. The maximum absolute atomic E-state index is 6.80. The first-order valence-electron chi connectivity index (χ1n) is 21.3. The van der Waals surface area contributed by atoms with Gasteiger partial charge in [-0.05, 0) is 110 Å². The average molecular weight is 797 g/mol. The van der Waals surface area contributed by atoms with E-state index < -0.39 is 11.0 Å². The number of para-hydroxylation sites is 3. The number of hydrogen-bond acceptors (Lipinski definition) is 4. The van der Waals surface area contributed by atoms with Crippen LogP contribution < -0.4 is 10.6 Å². The molecule has 0 aromatic heterocycles. The molecule has 0 amide bonds. The first-order chi connectivity index (χ1) is 30.6. The van der Waals surface area contributed by atoms with Crippen molar-refractivity contribution >= 4 is 34.7 Å². The molecule has 2 N–H and O–H groups in total. The molecule has 1 atom stereocenters. The molecule has 8 aromatic carbocycles. The largest absolute Gasteiger partial charge is 0.398 e. The van der Waals surface area contributed by atoms with Crippen molar-refractivity contribution < 1.29 is 0 Å². The third-order valence-electron chi connectivity index (χ3n) is 12.9. The topological polar surface area (TPSA) is 54.0 Å². The first-order valence-corrected chi connectivity index (χ1v) is 21.3. The molecule has 11 rings (SSSR count). The summed E-state index contributed by atoms with van der Waals surface area (Å²) in [4.78, 5) is 12.8. The van der Waals surface area contributed by atoms with E-state index in [4.69, 9.17) is 15.7 Å². The van der Waals surface area contributed by atoms with Crippen molar-refractivity contribution in [3.05, 3.63) is 263 Å². The normalized spacial score (nSPS) is 17.0. The van der Waals surface area contributed by atoms with Crippen LogP contribution in [0.5, 0.6) is 0 Å². The van der Waals surface area contributed by atoms with Crippen LogP contribution in [0.4, 0.5) is 17.1 Å². The Hall–Kier alpha value is -7.82. The third kappa shape index (κ3) is 6.14. The van der Waals surface area contributed by atoms with Gasteiger partial charge in [0.15, 0.2) is 0 Å². The number of benzene rings is 8. The number of hydrogen-bond donors (Lipinski definition) is 1. The molecule has 8 aromatic rings. The van der Waals surface area contributed by atoms with E-state index in [2.05, 4.69) is 187 Å². The number of rotatable bonds is 8. The van der Waals surface area contributed by atoms with Crippen LogP contribution >= 0.6 is 0 Å². The van der Waals surface area contributed by atoms with Gasteiger partial charge in [-0.25, -0.2) is 0 Å². The van der Waals surface area contributed by atoms with Gasteiger partial charge in [-0.1, -0.05) is 176 Å². The molecular weight excluding hydrogens is 753 g/mol. The van der Waals surface area contributed by atoms with Gasteiger partial charge in [0.25, 0.3) is 0 Å². The fraction of sp³-hybridized carbons (Fsp3) is 0.0690. The quantitative estimate of drug-likeness (QED) is 0.156. The molecule has 4 heteroatoms. The van der Waals surface area contributed by atoms with Crippen LogP contribution in [0.1, 0.15) is 38.9 Å². The van der Waals surface area contributed by atoms with Crippen LogP contribution in [-0.4, -0.2) is 17.5 Å². The van der Waals surface area contributed by atoms with E-state index in [9.17, 15) is 0 Å². The van der Waals surface area contributed by atoms with E-state index in [1.807, 2.05) is 48.7 Å². The van der Waals surface area contributed by atoms with E-state index in [0.29, 0.717) is 12.2 Å². The summed E-state index contributed by atoms with van der Waals surface area (Å²) in [7, 11) is 0. The standard InChI is InChI=1S/C58H44N4/c59-53(38-54(44-18-6-2-7-19-44)60-40-41-16-4-1-5-17-41)43-30-28-42(29-31-43)45-20-14-21-46(36-45)47-32-33-48-39-57(34-15-35-61-57)58(52(48)37-47)50-24-10-12-26-55(50)62(49-22-8-3-9-23-49)56-27-13-11-25-51(56)58/h1-38H,39-40,59H2/b53-38-,60-54?. The molecule has 1 aliphatic carbocycles. The minimum atomic E-state index is -0.548. The first kappa shape index (κ1) is 37.2. The predicted octanol–water partition coefficient (Wildman–Crippen LogP) is 13.1. The summed E-state index contributed by atoms with van der Waals surface area (Å²) in [6, 6.07) is 73.7. The van der Waals surface area contributed by atoms with Gasteiger partial charge in [0.1, 0.15) is 5.54 Å². The Bertz CT molecular complexity index is 3010. The summed E-state index contributed by atoms with van der Waals surface area (Å²) in [5, 5.41) is 0. The Labute approximate surface area is 363 Å². The lowest BCUT2D eigenvalue weighted by Gasteiger charge is -2.50. The molecule has 0 bridgehead atoms. The van der Waals surface area contributed by atoms with Crippen LogP contribution in [0.15, 0.2) is 234 Å². The highest BCUT2D eigenvalue weighted by atomic mass is 15.2. The van der Waals surface area contributed by atoms with Gasteiger partial charge in [-0.15, -0.1) is 0 Å². The number of allylic oxidation sites excluding steroid dienone is 2. The third-order valence-corrected chi connectivity index (χ3v) is 12.9. The second-order valence-electron chi connectivity index (χ2n) is 16.4. The lowest BCUT2D eigenvalue weighted by atomic mass is 9.59. The highest BCUT2D eigenvalue weighted by Gasteiger charge is 2.62. The minimum absolute atomic E-state index is 0.502. The lowest BCUT2D eigenvalue weighted by Crippen LogP contribution is -2.50. The summed E-state index contributed by atoms with van der Waals surface area (Å²) in [6.07, 6.45) is 9.31. The molecule has 62 heavy (non-hydrogen) atoms. The monoisotopic (exact) mass is 796 g/mol. The van der Waals surface area contributed by atoms with Crippen molar-refractivity contribution in [2.45, 2.75) is 23.9 Å². The molecule has 0 saturated carbocycles. The summed E-state index contributed by atoms with van der Waals surface area (Å²) in [5.74, 6) is 0. The van der Waals surface area contributed by atoms with Crippen LogP contribution in [0.3, 0.4) is 0 Å². The van der Waals surface area contributed by atoms with Crippen LogP contribution in [-0.2, 0) is 18.4 Å². The van der Waals surface area contributed by atoms with Crippen molar-refractivity contribution in [2.75, 3.05) is 4.90 Å². The lowest BCUT2D eigenvalue weighted by molar-refractivity contribution is 0.412. The molecule has 0 fully saturated rings. The molecule has 0 saturated heterocycles. The summed E-state index contributed by atoms with van der Waals surface area (Å²) in [6.45, 7) is 0.578. The van der Waals surface area contributed by atoms with E-state index in [0.717, 1.165) is 45.6 Å². The molecule has 0 radical (unpaired) electrons. The van der Waals surface area contributed by atoms with Gasteiger partial charge in [-0.2, -0.15) is 0 Å². The van der Waals surface area contributed by atoms with Gasteiger partial charge in [0.2, 0.25) is 0 Å². The molecule has 4 nitrogen and oxygen atoms in total. The minimum Gasteiger partial charge on any atom is -0.398 e. The number of aliphatic imine (C=N–C) groups is 2. The van der Waals surface area contributed by atoms with Crippen LogP contribution in [0, 0.1) is 0 Å². The van der Waals surface area contributed by atoms with E-state index in [1.54, 1.807) is 0 Å². The molecule has 296 valence electrons. The van der Waals surface area contributed by atoms with Crippen molar-refractivity contribution in [3.63, 3.8) is 0 Å². The van der Waals surface area contributed by atoms with E-state index in [1.165, 1.54) is 44.8 Å². The molecular formula is C58H44N4. The second-order valence-corrected chi connectivity index (χ2v) is 16.4. The molecule has 2 aliphatic heterocycles. The van der Waals surface area contributed by atoms with Gasteiger partial charge >= 0.3 is 0 Å². The zero-order chi connectivity index (χ0) is 41.5.